The molecule has 2 aliphatic rings. The quantitative estimate of drug-likeness (QED) is 0.177. The smallest absolute Gasteiger partial charge is 0.159 e. The number of fused-ring (bicyclic) bond motifs is 7. The van der Waals surface area contributed by atoms with Crippen LogP contribution in [-0.4, -0.2) is 0 Å². The van der Waals surface area contributed by atoms with Gasteiger partial charge in [0.25, 0.3) is 0 Å². The Morgan fingerprint density at radius 1 is 0.436 bits per heavy atom. The lowest BCUT2D eigenvalue weighted by Crippen LogP contribution is -2.33. The SMILES string of the molecule is CC1(C)CCC(C)(C)c2cc(-c3cc4c(cc3N(c3ccc(-c5ccccc5)cc3)c3cccc5c3oc3ccccc35)C(C)(C)c3ccccc3-4)ccc21. The van der Waals surface area contributed by atoms with E-state index in [1.54, 1.807) is 0 Å². The summed E-state index contributed by atoms with van der Waals surface area (Å²) in [6, 6.07) is 56.0. The molecule has 0 radical (unpaired) electrons. The Labute approximate surface area is 325 Å². The third-order valence-electron chi connectivity index (χ3n) is 13.0. The topological polar surface area (TPSA) is 16.4 Å². The van der Waals surface area contributed by atoms with Crippen LogP contribution < -0.4 is 4.90 Å². The summed E-state index contributed by atoms with van der Waals surface area (Å²) in [7, 11) is 0. The van der Waals surface area contributed by atoms with Crippen molar-refractivity contribution < 1.29 is 4.42 Å². The molecule has 0 aliphatic heterocycles. The summed E-state index contributed by atoms with van der Waals surface area (Å²) in [5.41, 5.74) is 18.2. The minimum atomic E-state index is -0.171. The molecular weight excluding hydrogens is 667 g/mol. The van der Waals surface area contributed by atoms with E-state index in [0.29, 0.717) is 0 Å². The van der Waals surface area contributed by atoms with Crippen LogP contribution in [0.25, 0.3) is 55.3 Å². The van der Waals surface area contributed by atoms with Gasteiger partial charge in [-0.05, 0) is 110 Å². The maximum atomic E-state index is 6.81. The lowest BCUT2D eigenvalue weighted by molar-refractivity contribution is 0.332. The molecule has 10 rings (SSSR count). The van der Waals surface area contributed by atoms with Gasteiger partial charge in [-0.15, -0.1) is 0 Å². The van der Waals surface area contributed by atoms with Gasteiger partial charge in [0, 0.05) is 27.4 Å². The Bertz CT molecular complexity index is 2780. The van der Waals surface area contributed by atoms with Crippen LogP contribution in [-0.2, 0) is 16.2 Å². The van der Waals surface area contributed by atoms with E-state index in [1.165, 1.54) is 68.5 Å². The van der Waals surface area contributed by atoms with Crippen molar-refractivity contribution in [3.05, 3.63) is 174 Å². The Morgan fingerprint density at radius 3 is 1.89 bits per heavy atom. The summed E-state index contributed by atoms with van der Waals surface area (Å²) in [4.78, 5) is 2.46. The van der Waals surface area contributed by atoms with Gasteiger partial charge in [-0.25, -0.2) is 0 Å². The third-order valence-corrected chi connectivity index (χ3v) is 13.0. The number of furan rings is 1. The van der Waals surface area contributed by atoms with Gasteiger partial charge in [0.2, 0.25) is 0 Å². The molecule has 55 heavy (non-hydrogen) atoms. The molecule has 0 atom stereocenters. The number of hydrogen-bond acceptors (Lipinski definition) is 2. The van der Waals surface area contributed by atoms with Gasteiger partial charge in [0.15, 0.2) is 5.58 Å². The summed E-state index contributed by atoms with van der Waals surface area (Å²) in [5.74, 6) is 0. The highest BCUT2D eigenvalue weighted by atomic mass is 16.3. The molecule has 0 N–H and O–H groups in total. The van der Waals surface area contributed by atoms with Crippen LogP contribution in [0.2, 0.25) is 0 Å². The molecule has 0 fully saturated rings. The summed E-state index contributed by atoms with van der Waals surface area (Å²) >= 11 is 0. The predicted octanol–water partition coefficient (Wildman–Crippen LogP) is 15.0. The standard InChI is InChI=1S/C53H47NO/c1-51(2)29-30-52(3,4)46-31-36(25-28-44(46)51)41-32-42-38-17-10-12-20-43(38)53(5,6)45(42)33-48(41)54(37-26-23-35(24-27-37)34-15-8-7-9-16-34)47-21-14-19-40-39-18-11-13-22-49(39)55-50(40)47/h7-28,31-33H,29-30H2,1-6H3. The first-order valence-corrected chi connectivity index (χ1v) is 19.8. The zero-order valence-electron chi connectivity index (χ0n) is 32.7. The maximum Gasteiger partial charge on any atom is 0.159 e. The van der Waals surface area contributed by atoms with E-state index in [1.807, 2.05) is 0 Å². The van der Waals surface area contributed by atoms with Crippen LogP contribution in [0, 0.1) is 0 Å². The van der Waals surface area contributed by atoms with Crippen molar-refractivity contribution in [2.75, 3.05) is 4.90 Å². The van der Waals surface area contributed by atoms with E-state index < -0.39 is 0 Å². The van der Waals surface area contributed by atoms with Crippen LogP contribution in [0.5, 0.6) is 0 Å². The molecule has 270 valence electrons. The van der Waals surface area contributed by atoms with E-state index in [4.69, 9.17) is 4.42 Å². The highest BCUT2D eigenvalue weighted by molar-refractivity contribution is 6.11. The first-order chi connectivity index (χ1) is 26.5. The van der Waals surface area contributed by atoms with Gasteiger partial charge in [0.05, 0.1) is 11.4 Å². The van der Waals surface area contributed by atoms with Crippen LogP contribution in [0.1, 0.15) is 76.6 Å². The van der Waals surface area contributed by atoms with Crippen LogP contribution >= 0.6 is 0 Å². The van der Waals surface area contributed by atoms with E-state index >= 15 is 0 Å². The van der Waals surface area contributed by atoms with Gasteiger partial charge >= 0.3 is 0 Å². The first-order valence-electron chi connectivity index (χ1n) is 19.8. The second-order valence-electron chi connectivity index (χ2n) is 17.6. The molecule has 0 bridgehead atoms. The van der Waals surface area contributed by atoms with E-state index in [-0.39, 0.29) is 16.2 Å². The van der Waals surface area contributed by atoms with E-state index in [0.717, 1.165) is 39.0 Å². The molecule has 2 aliphatic carbocycles. The molecule has 2 heteroatoms. The lowest BCUT2D eigenvalue weighted by atomic mass is 9.63. The molecular formula is C53H47NO. The predicted molar refractivity (Wildman–Crippen MR) is 232 cm³/mol. The van der Waals surface area contributed by atoms with Crippen molar-refractivity contribution in [3.63, 3.8) is 0 Å². The van der Waals surface area contributed by atoms with Crippen LogP contribution in [0.3, 0.4) is 0 Å². The Morgan fingerprint density at radius 2 is 1.09 bits per heavy atom. The zero-order valence-corrected chi connectivity index (χ0v) is 32.7. The van der Waals surface area contributed by atoms with Crippen molar-refractivity contribution in [3.8, 4) is 33.4 Å². The molecule has 7 aromatic carbocycles. The Hall–Kier alpha value is -5.86. The Balaban J connectivity index is 1.28. The summed E-state index contributed by atoms with van der Waals surface area (Å²) in [6.07, 6.45) is 2.36. The van der Waals surface area contributed by atoms with Crippen LogP contribution in [0.15, 0.2) is 156 Å². The maximum absolute atomic E-state index is 6.81. The zero-order chi connectivity index (χ0) is 37.7. The number of rotatable bonds is 5. The number of hydrogen-bond donors (Lipinski definition) is 0. The van der Waals surface area contributed by atoms with Crippen LogP contribution in [0.4, 0.5) is 17.1 Å². The summed E-state index contributed by atoms with van der Waals surface area (Å²) in [5, 5.41) is 2.25. The molecule has 1 aromatic heterocycles. The fraction of sp³-hybridized carbons (Fsp3) is 0.208. The van der Waals surface area contributed by atoms with Crippen molar-refractivity contribution in [1.29, 1.82) is 0 Å². The largest absolute Gasteiger partial charge is 0.454 e. The lowest BCUT2D eigenvalue weighted by Gasteiger charge is -2.42. The van der Waals surface area contributed by atoms with Crippen molar-refractivity contribution in [1.82, 2.24) is 0 Å². The van der Waals surface area contributed by atoms with Gasteiger partial charge in [-0.3, -0.25) is 0 Å². The van der Waals surface area contributed by atoms with Crippen molar-refractivity contribution in [2.24, 2.45) is 0 Å². The fourth-order valence-electron chi connectivity index (χ4n) is 9.66. The third kappa shape index (κ3) is 5.22. The molecule has 0 spiro atoms. The minimum Gasteiger partial charge on any atom is -0.454 e. The number of benzene rings is 7. The number of para-hydroxylation sites is 2. The second-order valence-corrected chi connectivity index (χ2v) is 17.6. The molecule has 8 aromatic rings. The molecule has 0 unspecified atom stereocenters. The normalized spacial score (nSPS) is 16.1. The first kappa shape index (κ1) is 33.7. The monoisotopic (exact) mass is 713 g/mol. The molecule has 0 amide bonds. The summed E-state index contributed by atoms with van der Waals surface area (Å²) < 4.78 is 6.81. The van der Waals surface area contributed by atoms with E-state index in [9.17, 15) is 0 Å². The van der Waals surface area contributed by atoms with Gasteiger partial charge in [0.1, 0.15) is 5.58 Å². The van der Waals surface area contributed by atoms with Crippen molar-refractivity contribution in [2.45, 2.75) is 70.6 Å². The second kappa shape index (κ2) is 12.1. The summed E-state index contributed by atoms with van der Waals surface area (Å²) in [6.45, 7) is 14.4. The Kier molecular flexibility index (Phi) is 7.39. The highest BCUT2D eigenvalue weighted by Crippen LogP contribution is 2.55. The van der Waals surface area contributed by atoms with E-state index in [2.05, 4.69) is 198 Å². The molecule has 1 heterocycles. The van der Waals surface area contributed by atoms with Gasteiger partial charge in [-0.2, -0.15) is 0 Å². The minimum absolute atomic E-state index is 0.0825. The molecule has 0 saturated heterocycles. The molecule has 0 saturated carbocycles. The van der Waals surface area contributed by atoms with Crippen molar-refractivity contribution >= 4 is 39.0 Å². The average Bonchev–Trinajstić information content (AvgIpc) is 3.69. The number of anilines is 3. The highest BCUT2D eigenvalue weighted by Gasteiger charge is 2.39. The fourth-order valence-corrected chi connectivity index (χ4v) is 9.66. The number of nitrogens with zero attached hydrogens (tertiary/aromatic N) is 1. The molecule has 2 nitrogen and oxygen atoms in total. The average molecular weight is 714 g/mol. The van der Waals surface area contributed by atoms with Gasteiger partial charge in [-0.1, -0.05) is 157 Å². The van der Waals surface area contributed by atoms with Gasteiger partial charge < -0.3 is 9.32 Å².